The van der Waals surface area contributed by atoms with Crippen LogP contribution in [0.1, 0.15) is 30.4 Å². The van der Waals surface area contributed by atoms with E-state index < -0.39 is 10.2 Å². The van der Waals surface area contributed by atoms with Crippen LogP contribution < -0.4 is 31.9 Å². The summed E-state index contributed by atoms with van der Waals surface area (Å²) in [4.78, 5) is 2.62. The number of nitrogens with zero attached hydrogens (tertiary/aromatic N) is 1. The van der Waals surface area contributed by atoms with E-state index in [-0.39, 0.29) is 6.10 Å². The van der Waals surface area contributed by atoms with Crippen molar-refractivity contribution in [3.8, 4) is 16.2 Å². The summed E-state index contributed by atoms with van der Waals surface area (Å²) in [7, 11) is -4.94. The highest BCUT2D eigenvalue weighted by atomic mass is 127. The van der Waals surface area contributed by atoms with Crippen molar-refractivity contribution in [2.24, 2.45) is 0 Å². The normalized spacial score (nSPS) is 14.6. The molecule has 0 saturated heterocycles. The van der Waals surface area contributed by atoms with Crippen molar-refractivity contribution in [3.63, 3.8) is 0 Å². The quantitative estimate of drug-likeness (QED) is 0.302. The minimum Gasteiger partial charge on any atom is -0.478 e. The van der Waals surface area contributed by atoms with Gasteiger partial charge in [0, 0.05) is 14.2 Å². The number of ether oxygens (including phenoxy) is 1. The minimum atomic E-state index is -4.94. The largest absolute Gasteiger partial charge is 0.478 e. The van der Waals surface area contributed by atoms with E-state index in [2.05, 4.69) is 87.9 Å². The van der Waals surface area contributed by atoms with Crippen LogP contribution in [0.5, 0.6) is 5.75 Å². The van der Waals surface area contributed by atoms with Crippen molar-refractivity contribution < 1.29 is 33.6 Å². The van der Waals surface area contributed by atoms with Crippen molar-refractivity contribution >= 4 is 79.5 Å². The molecule has 3 aromatic rings. The van der Waals surface area contributed by atoms with E-state index in [1.165, 1.54) is 22.9 Å². The molecule has 1 aromatic heterocycles. The Labute approximate surface area is 227 Å². The fraction of sp³-hybridized carbons (Fsp3) is 0.250. The fourth-order valence-corrected chi connectivity index (χ4v) is 8.28. The molecule has 2 heterocycles. The Kier molecular flexibility index (Phi) is 9.25. The molecule has 0 fully saturated rings. The molecule has 0 N–H and O–H groups in total. The van der Waals surface area contributed by atoms with Gasteiger partial charge in [0.25, 0.3) is 0 Å². The molecule has 32 heavy (non-hydrogen) atoms. The number of fused-ring (bicyclic) bond motifs is 3. The van der Waals surface area contributed by atoms with Crippen LogP contribution in [-0.4, -0.2) is 13.1 Å². The molecule has 0 aliphatic carbocycles. The first kappa shape index (κ1) is 26.6. The monoisotopic (exact) mass is 739 g/mol. The molecule has 6 nitrogen and oxygen atoms in total. The molecule has 1 atom stereocenters. The molecule has 0 spiro atoms. The van der Waals surface area contributed by atoms with Crippen LogP contribution >= 0.6 is 79.5 Å². The summed E-state index contributed by atoms with van der Waals surface area (Å²) >= 11 is 14.6. The molecule has 0 bridgehead atoms. The van der Waals surface area contributed by atoms with Crippen molar-refractivity contribution in [2.75, 3.05) is 13.1 Å². The summed E-state index contributed by atoms with van der Waals surface area (Å²) in [6.45, 7) is 6.44. The molecule has 1 aliphatic rings. The van der Waals surface area contributed by atoms with Crippen LogP contribution in [0, 0.1) is 17.4 Å². The van der Waals surface area contributed by atoms with Crippen molar-refractivity contribution in [2.45, 2.75) is 20.0 Å². The van der Waals surface area contributed by atoms with Crippen LogP contribution in [0.3, 0.4) is 0 Å². The van der Waals surface area contributed by atoms with E-state index in [0.717, 1.165) is 33.0 Å². The van der Waals surface area contributed by atoms with Gasteiger partial charge in [-0.1, -0.05) is 46.4 Å². The first-order valence-corrected chi connectivity index (χ1v) is 14.7. The van der Waals surface area contributed by atoms with E-state index in [0.29, 0.717) is 0 Å². The highest BCUT2D eigenvalue weighted by Gasteiger charge is 2.33. The fourth-order valence-electron chi connectivity index (χ4n) is 3.15. The van der Waals surface area contributed by atoms with E-state index in [1.807, 2.05) is 34.8 Å². The first-order chi connectivity index (χ1) is 15.0. The molecule has 172 valence electrons. The lowest BCUT2D eigenvalue weighted by Crippen LogP contribution is -2.68. The van der Waals surface area contributed by atoms with E-state index in [1.54, 1.807) is 0 Å². The van der Waals surface area contributed by atoms with Gasteiger partial charge in [0.05, 0.1) is 13.3 Å². The van der Waals surface area contributed by atoms with E-state index in [9.17, 15) is 0 Å². The molecule has 0 amide bonds. The van der Waals surface area contributed by atoms with Gasteiger partial charge in [-0.05, 0) is 88.9 Å². The van der Waals surface area contributed by atoms with Gasteiger partial charge < -0.3 is 4.74 Å². The lowest BCUT2D eigenvalue weighted by atomic mass is 10.0. The van der Waals surface area contributed by atoms with Crippen molar-refractivity contribution in [1.82, 2.24) is 4.58 Å². The van der Waals surface area contributed by atoms with Crippen LogP contribution in [0.15, 0.2) is 36.4 Å². The Morgan fingerprint density at radius 1 is 1.03 bits per heavy atom. The maximum atomic E-state index is 8.49. The zero-order valence-corrected chi connectivity index (χ0v) is 24.2. The van der Waals surface area contributed by atoms with Gasteiger partial charge in [0.15, 0.2) is 6.10 Å². The summed E-state index contributed by atoms with van der Waals surface area (Å²) in [5.74, 6) is 0.989. The summed E-state index contributed by atoms with van der Waals surface area (Å²) in [5.41, 5.74) is 2.35. The second-order valence-corrected chi connectivity index (χ2v) is 12.4. The van der Waals surface area contributed by atoms with E-state index in [4.69, 9.17) is 35.0 Å². The molecular weight excluding hydrogens is 723 g/mol. The topological polar surface area (TPSA) is 104 Å². The number of halogens is 4. The van der Waals surface area contributed by atoms with Gasteiger partial charge >= 0.3 is 3.98 Å². The smallest absolute Gasteiger partial charge is 0.314 e. The standard InChI is InChI=1S/C20H17ClI2NOS2.ClHO4/c1-3-24(4-2)20-26-18-14-9-13(22)10-15(23)17(14)25-16(19(18)27-20)11-5-7-12(21)8-6-11;2-1(3,4)5/h5-10,16H,3-4H2,1-2H3;(H,2,3,4,5)/q+1;/p-1. The molecule has 4 rings (SSSR count). The average molecular weight is 740 g/mol. The summed E-state index contributed by atoms with van der Waals surface area (Å²) in [6, 6.07) is 12.4. The Balaban J connectivity index is 0.000000523. The van der Waals surface area contributed by atoms with Crippen LogP contribution in [-0.2, 0) is 0 Å². The third kappa shape index (κ3) is 6.55. The summed E-state index contributed by atoms with van der Waals surface area (Å²) < 4.78 is 46.7. The Bertz CT molecular complexity index is 1160. The lowest BCUT2D eigenvalue weighted by molar-refractivity contribution is -2.00. The Hall–Kier alpha value is -0.0300. The molecule has 12 heteroatoms. The van der Waals surface area contributed by atoms with Crippen LogP contribution in [0.4, 0.5) is 0 Å². The van der Waals surface area contributed by atoms with Gasteiger partial charge in [-0.15, -0.1) is 10.2 Å². The van der Waals surface area contributed by atoms with Crippen LogP contribution in [0.2, 0.25) is 5.02 Å². The maximum Gasteiger partial charge on any atom is 0.314 e. The second-order valence-electron chi connectivity index (χ2n) is 6.53. The van der Waals surface area contributed by atoms with Gasteiger partial charge in [0.2, 0.25) is 0 Å². The molecule has 0 radical (unpaired) electrons. The summed E-state index contributed by atoms with van der Waals surface area (Å²) in [5, 5.41) is 0.747. The average Bonchev–Trinajstić information content (AvgIpc) is 3.13. The predicted octanol–water partition coefficient (Wildman–Crippen LogP) is 1.88. The first-order valence-electron chi connectivity index (χ1n) is 9.26. The molecule has 1 aliphatic heterocycles. The van der Waals surface area contributed by atoms with Gasteiger partial charge in [-0.25, -0.2) is 23.2 Å². The van der Waals surface area contributed by atoms with Crippen molar-refractivity contribution in [3.05, 3.63) is 63.0 Å². The zero-order valence-electron chi connectivity index (χ0n) is 16.8. The summed E-state index contributed by atoms with van der Waals surface area (Å²) in [6.07, 6.45) is -0.0936. The lowest BCUT2D eigenvalue weighted by Gasteiger charge is -2.27. The van der Waals surface area contributed by atoms with Gasteiger partial charge in [-0.3, -0.25) is 0 Å². The van der Waals surface area contributed by atoms with Crippen LogP contribution in [0.25, 0.3) is 10.4 Å². The number of rotatable bonds is 3. The SMILES string of the molecule is CC[N+](CC)=c1sc2c(s1)C(c1ccc(Cl)cc1)Oc1c(I)cc(I)cc1-2.[O-][Cl+3]([O-])([O-])[O-]. The maximum absolute atomic E-state index is 8.49. The number of hydrogen-bond donors (Lipinski definition) is 0. The third-order valence-electron chi connectivity index (χ3n) is 4.53. The minimum absolute atomic E-state index is 0.0936. The second kappa shape index (κ2) is 11.1. The third-order valence-corrected chi connectivity index (χ3v) is 8.98. The Morgan fingerprint density at radius 3 is 2.19 bits per heavy atom. The molecule has 0 saturated carbocycles. The van der Waals surface area contributed by atoms with Gasteiger partial charge in [0.1, 0.15) is 18.8 Å². The molecule has 1 unspecified atom stereocenters. The van der Waals surface area contributed by atoms with Gasteiger partial charge in [-0.2, -0.15) is 0 Å². The number of hydrogen-bond acceptors (Lipinski definition) is 7. The number of benzene rings is 2. The van der Waals surface area contributed by atoms with Crippen molar-refractivity contribution in [1.29, 1.82) is 0 Å². The Morgan fingerprint density at radius 2 is 1.62 bits per heavy atom. The highest BCUT2D eigenvalue weighted by molar-refractivity contribution is 14.1. The van der Waals surface area contributed by atoms with E-state index >= 15 is 0 Å². The predicted molar refractivity (Wildman–Crippen MR) is 133 cm³/mol. The molecule has 2 aromatic carbocycles. The highest BCUT2D eigenvalue weighted by Crippen LogP contribution is 2.50. The zero-order chi connectivity index (χ0) is 23.6. The molecular formula is C20H17Cl2I2NO5S2.